The van der Waals surface area contributed by atoms with Crippen molar-refractivity contribution in [3.05, 3.63) is 253 Å². The van der Waals surface area contributed by atoms with Crippen LogP contribution in [0.2, 0.25) is 0 Å². The third-order valence-electron chi connectivity index (χ3n) is 15.5. The maximum Gasteiger partial charge on any atom is 0.159 e. The molecule has 0 aliphatic heterocycles. The normalized spacial score (nSPS) is 11.9. The summed E-state index contributed by atoms with van der Waals surface area (Å²) in [4.78, 5) is 4.84. The first-order valence-corrected chi connectivity index (χ1v) is 26.0. The van der Waals surface area contributed by atoms with Gasteiger partial charge < -0.3 is 23.1 Å². The molecule has 0 N–H and O–H groups in total. The van der Waals surface area contributed by atoms with Crippen molar-refractivity contribution in [2.24, 2.45) is 0 Å². The zero-order chi connectivity index (χ0) is 50.6. The minimum Gasteiger partial charge on any atom is -0.455 e. The molecule has 15 rings (SSSR count). The van der Waals surface area contributed by atoms with Crippen LogP contribution in [0.1, 0.15) is 16.7 Å². The molecule has 0 saturated heterocycles. The van der Waals surface area contributed by atoms with E-state index in [0.29, 0.717) is 0 Å². The highest BCUT2D eigenvalue weighted by Gasteiger charge is 2.29. The number of aryl methyl sites for hydroxylation is 3. The molecule has 76 heavy (non-hydrogen) atoms. The maximum absolute atomic E-state index is 7.35. The number of hydrogen-bond acceptors (Lipinski definition) is 5. The van der Waals surface area contributed by atoms with Gasteiger partial charge in [-0.1, -0.05) is 200 Å². The molecule has 0 aliphatic carbocycles. The predicted molar refractivity (Wildman–Crippen MR) is 318 cm³/mol. The van der Waals surface area contributed by atoms with Crippen LogP contribution in [0.5, 0.6) is 0 Å². The molecule has 0 amide bonds. The van der Waals surface area contributed by atoms with Crippen LogP contribution in [0.15, 0.2) is 250 Å². The van der Waals surface area contributed by atoms with Crippen molar-refractivity contribution in [1.29, 1.82) is 0 Å². The fraction of sp³-hybridized carbons (Fsp3) is 0.0423. The van der Waals surface area contributed by atoms with E-state index in [1.54, 1.807) is 0 Å². The van der Waals surface area contributed by atoms with E-state index in [4.69, 9.17) is 13.3 Å². The summed E-state index contributed by atoms with van der Waals surface area (Å²) in [6.07, 6.45) is 0. The quantitative estimate of drug-likeness (QED) is 0.152. The summed E-state index contributed by atoms with van der Waals surface area (Å²) >= 11 is 0. The Morgan fingerprint density at radius 3 is 1.13 bits per heavy atom. The molecule has 3 aromatic heterocycles. The largest absolute Gasteiger partial charge is 0.455 e. The summed E-state index contributed by atoms with van der Waals surface area (Å²) < 4.78 is 21.5. The first-order valence-electron chi connectivity index (χ1n) is 26.0. The molecule has 0 unspecified atom stereocenters. The van der Waals surface area contributed by atoms with Gasteiger partial charge in [-0.15, -0.1) is 0 Å². The highest BCUT2D eigenvalue weighted by Crippen LogP contribution is 2.53. The first kappa shape index (κ1) is 43.7. The number of rotatable bonds is 8. The minimum absolute atomic E-state index is 0.821. The molecule has 0 saturated carbocycles. The van der Waals surface area contributed by atoms with Gasteiger partial charge in [0.15, 0.2) is 11.2 Å². The lowest BCUT2D eigenvalue weighted by atomic mass is 9.96. The summed E-state index contributed by atoms with van der Waals surface area (Å²) in [6.45, 7) is 6.41. The van der Waals surface area contributed by atoms with Crippen LogP contribution >= 0.6 is 0 Å². The van der Waals surface area contributed by atoms with Gasteiger partial charge in [0.25, 0.3) is 0 Å². The molecule has 3 heterocycles. The maximum atomic E-state index is 7.35. The van der Waals surface area contributed by atoms with Crippen molar-refractivity contribution < 1.29 is 13.3 Å². The number of para-hydroxylation sites is 5. The van der Waals surface area contributed by atoms with Crippen molar-refractivity contribution in [2.45, 2.75) is 20.8 Å². The topological polar surface area (TPSA) is 45.9 Å². The number of benzene rings is 12. The molecule has 5 heteroatoms. The summed E-state index contributed by atoms with van der Waals surface area (Å²) in [5, 5.41) is 10.4. The second-order valence-corrected chi connectivity index (χ2v) is 20.1. The van der Waals surface area contributed by atoms with E-state index in [1.165, 1.54) is 5.56 Å². The van der Waals surface area contributed by atoms with Gasteiger partial charge in [0.2, 0.25) is 0 Å². The Morgan fingerprint density at radius 1 is 0.237 bits per heavy atom. The lowest BCUT2D eigenvalue weighted by Crippen LogP contribution is -2.12. The minimum atomic E-state index is 0.821. The number of fused-ring (bicyclic) bond motifs is 13. The van der Waals surface area contributed by atoms with Gasteiger partial charge >= 0.3 is 0 Å². The summed E-state index contributed by atoms with van der Waals surface area (Å²) in [6, 6.07) is 84.9. The molecule has 12 aromatic carbocycles. The molecule has 5 nitrogen and oxygen atoms in total. The van der Waals surface area contributed by atoms with Crippen LogP contribution in [0.4, 0.5) is 34.1 Å². The molecule has 0 aliphatic rings. The van der Waals surface area contributed by atoms with Crippen molar-refractivity contribution in [2.75, 3.05) is 9.80 Å². The third-order valence-corrected chi connectivity index (χ3v) is 15.5. The van der Waals surface area contributed by atoms with Crippen molar-refractivity contribution in [3.63, 3.8) is 0 Å². The van der Waals surface area contributed by atoms with Crippen LogP contribution in [-0.4, -0.2) is 0 Å². The zero-order valence-corrected chi connectivity index (χ0v) is 42.1. The Balaban J connectivity index is 1.07. The van der Waals surface area contributed by atoms with Crippen LogP contribution in [0.25, 0.3) is 110 Å². The van der Waals surface area contributed by atoms with Crippen LogP contribution in [0.3, 0.4) is 0 Å². The van der Waals surface area contributed by atoms with E-state index in [2.05, 4.69) is 267 Å². The van der Waals surface area contributed by atoms with E-state index in [-0.39, 0.29) is 0 Å². The van der Waals surface area contributed by atoms with Gasteiger partial charge in [-0.3, -0.25) is 0 Å². The van der Waals surface area contributed by atoms with Gasteiger partial charge in [0.1, 0.15) is 22.3 Å². The Bertz CT molecular complexity index is 4810. The second-order valence-electron chi connectivity index (χ2n) is 20.1. The average Bonchev–Trinajstić information content (AvgIpc) is 4.31. The lowest BCUT2D eigenvalue weighted by Gasteiger charge is -2.29. The van der Waals surface area contributed by atoms with E-state index in [0.717, 1.165) is 155 Å². The summed E-state index contributed by atoms with van der Waals surface area (Å²) in [5.74, 6) is 0. The number of nitrogens with zero attached hydrogens (tertiary/aromatic N) is 2. The van der Waals surface area contributed by atoms with Crippen LogP contribution in [-0.2, 0) is 0 Å². The van der Waals surface area contributed by atoms with E-state index in [1.807, 2.05) is 0 Å². The number of furan rings is 3. The standard InChI is InChI=1S/C71H48N2O3/c1-43-38-39-61(57(40-43)47-24-8-5-9-25-47)73(63-37-19-34-56-54-32-17-21-45(3)67(54)75-71(56)63)65-42-59-58-41-64(49-27-10-12-29-51(49)68(58)76-69(59)52-30-13-11-28-50(52)65)72(60-35-15-14-26-48(60)46-22-6-4-7-23-46)62-36-18-33-55-53-31-16-20-44(2)66(53)74-70(55)62/h4-42H,1-3H3. The molecular weight excluding hydrogens is 929 g/mol. The van der Waals surface area contributed by atoms with Crippen LogP contribution < -0.4 is 9.80 Å². The molecular formula is C71H48N2O3. The predicted octanol–water partition coefficient (Wildman–Crippen LogP) is 20.9. The van der Waals surface area contributed by atoms with Gasteiger partial charge in [0, 0.05) is 65.0 Å². The van der Waals surface area contributed by atoms with Gasteiger partial charge in [-0.2, -0.15) is 0 Å². The lowest BCUT2D eigenvalue weighted by molar-refractivity contribution is 0.665. The summed E-state index contributed by atoms with van der Waals surface area (Å²) in [5.41, 5.74) is 18.8. The summed E-state index contributed by atoms with van der Waals surface area (Å²) in [7, 11) is 0. The first-order chi connectivity index (χ1) is 37.5. The molecule has 0 bridgehead atoms. The molecule has 360 valence electrons. The van der Waals surface area contributed by atoms with Crippen molar-refractivity contribution >= 4 is 121 Å². The zero-order valence-electron chi connectivity index (χ0n) is 42.1. The highest BCUT2D eigenvalue weighted by atomic mass is 16.3. The Hall–Kier alpha value is -9.84. The van der Waals surface area contributed by atoms with E-state index in [9.17, 15) is 0 Å². The Labute approximate surface area is 438 Å². The molecule has 0 spiro atoms. The van der Waals surface area contributed by atoms with Gasteiger partial charge in [0.05, 0.1) is 34.1 Å². The van der Waals surface area contributed by atoms with Gasteiger partial charge in [-0.05, 0) is 85.5 Å². The SMILES string of the molecule is Cc1ccc(N(c2cc3c4cc(N(c5ccccc5-c5ccccc5)c5cccc6c5oc5c(C)cccc56)c5ccccc5c4oc3c3ccccc23)c2cccc3c2oc2c(C)cccc23)c(-c2ccccc2)c1. The third kappa shape index (κ3) is 6.65. The average molecular weight is 977 g/mol. The van der Waals surface area contributed by atoms with Crippen LogP contribution in [0, 0.1) is 20.8 Å². The monoisotopic (exact) mass is 976 g/mol. The smallest absolute Gasteiger partial charge is 0.159 e. The van der Waals surface area contributed by atoms with E-state index >= 15 is 0 Å². The van der Waals surface area contributed by atoms with Gasteiger partial charge in [-0.25, -0.2) is 0 Å². The fourth-order valence-corrected chi connectivity index (χ4v) is 12.0. The van der Waals surface area contributed by atoms with E-state index < -0.39 is 0 Å². The highest BCUT2D eigenvalue weighted by molar-refractivity contribution is 6.26. The second kappa shape index (κ2) is 17.1. The fourth-order valence-electron chi connectivity index (χ4n) is 12.0. The Kier molecular flexibility index (Phi) is 9.85. The molecule has 0 atom stereocenters. The molecule has 0 radical (unpaired) electrons. The van der Waals surface area contributed by atoms with Crippen molar-refractivity contribution in [1.82, 2.24) is 0 Å². The Morgan fingerprint density at radius 2 is 0.605 bits per heavy atom. The van der Waals surface area contributed by atoms with Crippen molar-refractivity contribution in [3.8, 4) is 22.3 Å². The molecule has 0 fully saturated rings. The number of hydrogen-bond donors (Lipinski definition) is 0. The molecule has 15 aromatic rings. The number of anilines is 6.